The Morgan fingerprint density at radius 1 is 1.14 bits per heavy atom. The molecule has 0 unspecified atom stereocenters. The van der Waals surface area contributed by atoms with Crippen LogP contribution < -0.4 is 0 Å². The minimum atomic E-state index is -0.574. The van der Waals surface area contributed by atoms with Crippen molar-refractivity contribution in [2.75, 3.05) is 27.9 Å². The minimum absolute atomic E-state index is 0.0518. The minimum Gasteiger partial charge on any atom is -0.466 e. The van der Waals surface area contributed by atoms with Gasteiger partial charge in [0, 0.05) is 46.0 Å². The van der Waals surface area contributed by atoms with E-state index in [1.165, 1.54) is 37.7 Å². The molecule has 0 N–H and O–H groups in total. The highest BCUT2D eigenvalue weighted by molar-refractivity contribution is 5.69. The van der Waals surface area contributed by atoms with Gasteiger partial charge < -0.3 is 18.9 Å². The van der Waals surface area contributed by atoms with E-state index in [-0.39, 0.29) is 17.5 Å². The van der Waals surface area contributed by atoms with Gasteiger partial charge in [-0.15, -0.1) is 0 Å². The molecule has 0 aromatic heterocycles. The van der Waals surface area contributed by atoms with Crippen LogP contribution in [0.1, 0.15) is 85.5 Å². The van der Waals surface area contributed by atoms with Crippen LogP contribution in [0.25, 0.3) is 0 Å². The van der Waals surface area contributed by atoms with Crippen LogP contribution in [0.2, 0.25) is 0 Å². The zero-order valence-electron chi connectivity index (χ0n) is 23.8. The first-order chi connectivity index (χ1) is 17.2. The van der Waals surface area contributed by atoms with Crippen molar-refractivity contribution in [3.05, 3.63) is 23.8 Å². The molecule has 0 heterocycles. The topological polar surface area (TPSA) is 54.0 Å². The first-order valence-corrected chi connectivity index (χ1v) is 14.3. The number of fused-ring (bicyclic) bond motifs is 5. The number of carbonyl (C=O) groups is 1. The molecule has 3 fully saturated rings. The lowest BCUT2D eigenvalue weighted by Crippen LogP contribution is -2.59. The van der Waals surface area contributed by atoms with E-state index in [4.69, 9.17) is 18.9 Å². The largest absolute Gasteiger partial charge is 0.466 e. The summed E-state index contributed by atoms with van der Waals surface area (Å²) in [5.41, 5.74) is 1.92. The predicted octanol–water partition coefficient (Wildman–Crippen LogP) is 6.72. The number of carbonyl (C=O) groups excluding carboxylic acids is 1. The third-order valence-electron chi connectivity index (χ3n) is 11.2. The Bertz CT molecular complexity index is 844. The van der Waals surface area contributed by atoms with Crippen LogP contribution in [0.4, 0.5) is 0 Å². The highest BCUT2D eigenvalue weighted by atomic mass is 16.7. The van der Waals surface area contributed by atoms with Crippen molar-refractivity contribution in [2.45, 2.75) is 97.4 Å². The van der Waals surface area contributed by atoms with Gasteiger partial charge in [-0.05, 0) is 80.5 Å². The standard InChI is InChI=1S/C31H50O5/c1-8-36-28(32)12-10-9-11-21(2)24-15-16-25-23-14-13-22-19-31(34-6,35-7)20-27(33-5)30(22,4)26(23)17-18-29(24,25)3/h9,11,13,21,23-27H,8,10,12,14-20H2,1-7H3/t21-,23+,24-,25+,26+,27+,29-,30+/m1/s1. The SMILES string of the molecule is CCOC(=O)CCC=C[C@@H](C)[C@H]1CC[C@H]2[C@@H]3CC=C4CC(OC)(OC)C[C@H](OC)[C@]4(C)[C@H]3CC[C@]12C. The van der Waals surface area contributed by atoms with E-state index in [1.807, 2.05) is 14.0 Å². The number of rotatable bonds is 9. The van der Waals surface area contributed by atoms with Crippen molar-refractivity contribution in [1.82, 2.24) is 0 Å². The van der Waals surface area contributed by atoms with Gasteiger partial charge >= 0.3 is 5.97 Å². The van der Waals surface area contributed by atoms with Crippen molar-refractivity contribution in [1.29, 1.82) is 0 Å². The van der Waals surface area contributed by atoms with Crippen LogP contribution in [-0.4, -0.2) is 45.8 Å². The molecule has 204 valence electrons. The Morgan fingerprint density at radius 3 is 2.56 bits per heavy atom. The maximum Gasteiger partial charge on any atom is 0.306 e. The monoisotopic (exact) mass is 502 g/mol. The molecule has 0 aliphatic heterocycles. The molecule has 0 aromatic carbocycles. The van der Waals surface area contributed by atoms with Gasteiger partial charge in [0.15, 0.2) is 5.79 Å². The molecule has 4 aliphatic carbocycles. The van der Waals surface area contributed by atoms with Crippen LogP contribution in [0.15, 0.2) is 23.8 Å². The summed E-state index contributed by atoms with van der Waals surface area (Å²) in [4.78, 5) is 11.7. The molecule has 3 saturated carbocycles. The number of ether oxygens (including phenoxy) is 4. The van der Waals surface area contributed by atoms with E-state index in [0.717, 1.165) is 31.1 Å². The lowest BCUT2D eigenvalue weighted by atomic mass is 9.46. The van der Waals surface area contributed by atoms with Crippen molar-refractivity contribution in [2.24, 2.45) is 40.4 Å². The summed E-state index contributed by atoms with van der Waals surface area (Å²) in [6, 6.07) is 0. The van der Waals surface area contributed by atoms with Gasteiger partial charge in [-0.2, -0.15) is 0 Å². The van der Waals surface area contributed by atoms with Crippen LogP contribution in [0.5, 0.6) is 0 Å². The fourth-order valence-electron chi connectivity index (χ4n) is 9.17. The molecule has 0 radical (unpaired) electrons. The Balaban J connectivity index is 1.50. The molecule has 4 aliphatic rings. The highest BCUT2D eigenvalue weighted by Crippen LogP contribution is 2.68. The molecule has 8 atom stereocenters. The van der Waals surface area contributed by atoms with Gasteiger partial charge in [-0.3, -0.25) is 4.79 Å². The molecular weight excluding hydrogens is 452 g/mol. The van der Waals surface area contributed by atoms with E-state index < -0.39 is 5.79 Å². The third-order valence-corrected chi connectivity index (χ3v) is 11.2. The van der Waals surface area contributed by atoms with Crippen molar-refractivity contribution < 1.29 is 23.7 Å². The number of hydrogen-bond acceptors (Lipinski definition) is 5. The van der Waals surface area contributed by atoms with Crippen molar-refractivity contribution in [3.8, 4) is 0 Å². The summed E-state index contributed by atoms with van der Waals surface area (Å²) in [6.45, 7) is 9.78. The highest BCUT2D eigenvalue weighted by Gasteiger charge is 2.62. The summed E-state index contributed by atoms with van der Waals surface area (Å²) in [5.74, 6) is 2.72. The quantitative estimate of drug-likeness (QED) is 0.199. The smallest absolute Gasteiger partial charge is 0.306 e. The van der Waals surface area contributed by atoms with Crippen LogP contribution in [-0.2, 0) is 23.7 Å². The van der Waals surface area contributed by atoms with Crippen molar-refractivity contribution >= 4 is 5.97 Å². The van der Waals surface area contributed by atoms with E-state index >= 15 is 0 Å². The first kappa shape index (κ1) is 27.9. The van der Waals surface area contributed by atoms with Crippen molar-refractivity contribution in [3.63, 3.8) is 0 Å². The normalized spacial score (nSPS) is 40.2. The average Bonchev–Trinajstić information content (AvgIpc) is 3.23. The van der Waals surface area contributed by atoms with E-state index in [0.29, 0.717) is 36.2 Å². The van der Waals surface area contributed by atoms with Crippen LogP contribution in [0.3, 0.4) is 0 Å². The number of esters is 1. The number of hydrogen-bond donors (Lipinski definition) is 0. The second-order valence-electron chi connectivity index (χ2n) is 12.4. The molecular formula is C31H50O5. The Kier molecular flexibility index (Phi) is 8.44. The van der Waals surface area contributed by atoms with E-state index in [9.17, 15) is 4.79 Å². The fraction of sp³-hybridized carbons (Fsp3) is 0.839. The number of allylic oxidation sites excluding steroid dienone is 3. The van der Waals surface area contributed by atoms with Gasteiger partial charge in [0.25, 0.3) is 0 Å². The third kappa shape index (κ3) is 4.62. The van der Waals surface area contributed by atoms with Gasteiger partial charge in [0.2, 0.25) is 0 Å². The molecule has 0 aromatic rings. The average molecular weight is 503 g/mol. The Hall–Kier alpha value is -1.17. The molecule has 0 saturated heterocycles. The molecule has 36 heavy (non-hydrogen) atoms. The molecule has 5 nitrogen and oxygen atoms in total. The maximum atomic E-state index is 11.7. The van der Waals surface area contributed by atoms with Crippen LogP contribution >= 0.6 is 0 Å². The fourth-order valence-corrected chi connectivity index (χ4v) is 9.17. The molecule has 0 amide bonds. The summed E-state index contributed by atoms with van der Waals surface area (Å²) in [7, 11) is 5.40. The summed E-state index contributed by atoms with van der Waals surface area (Å²) >= 11 is 0. The summed E-state index contributed by atoms with van der Waals surface area (Å²) < 4.78 is 23.1. The lowest BCUT2D eigenvalue weighted by molar-refractivity contribution is -0.253. The summed E-state index contributed by atoms with van der Waals surface area (Å²) in [6.07, 6.45) is 16.5. The molecule has 0 spiro atoms. The Morgan fingerprint density at radius 2 is 1.89 bits per heavy atom. The van der Waals surface area contributed by atoms with Gasteiger partial charge in [-0.25, -0.2) is 0 Å². The second kappa shape index (κ2) is 10.9. The molecule has 0 bridgehead atoms. The zero-order chi connectivity index (χ0) is 26.1. The van der Waals surface area contributed by atoms with Gasteiger partial charge in [0.05, 0.1) is 12.7 Å². The summed E-state index contributed by atoms with van der Waals surface area (Å²) in [5, 5.41) is 0. The van der Waals surface area contributed by atoms with Gasteiger partial charge in [-0.1, -0.05) is 44.6 Å². The first-order valence-electron chi connectivity index (χ1n) is 14.3. The van der Waals surface area contributed by atoms with E-state index in [1.54, 1.807) is 14.2 Å². The zero-order valence-corrected chi connectivity index (χ0v) is 23.8. The molecule has 4 rings (SSSR count). The van der Waals surface area contributed by atoms with Gasteiger partial charge in [0.1, 0.15) is 0 Å². The lowest BCUT2D eigenvalue weighted by Gasteiger charge is -2.61. The molecule has 5 heteroatoms. The van der Waals surface area contributed by atoms with E-state index in [2.05, 4.69) is 39.0 Å². The maximum absolute atomic E-state index is 11.7. The van der Waals surface area contributed by atoms with Crippen LogP contribution in [0, 0.1) is 40.4 Å². The Labute approximate surface area is 219 Å². The second-order valence-corrected chi connectivity index (χ2v) is 12.4. The number of methoxy groups -OCH3 is 3. The predicted molar refractivity (Wildman–Crippen MR) is 142 cm³/mol.